The van der Waals surface area contributed by atoms with Crippen molar-refractivity contribution < 1.29 is 19.5 Å². The third kappa shape index (κ3) is 5.69. The van der Waals surface area contributed by atoms with Gasteiger partial charge < -0.3 is 20.6 Å². The van der Waals surface area contributed by atoms with E-state index in [2.05, 4.69) is 10.6 Å². The van der Waals surface area contributed by atoms with E-state index >= 15 is 0 Å². The molecule has 0 aromatic rings. The molecule has 1 aliphatic carbocycles. The molecule has 1 heterocycles. The van der Waals surface area contributed by atoms with Gasteiger partial charge in [0, 0.05) is 26.1 Å². The van der Waals surface area contributed by atoms with E-state index in [9.17, 15) is 19.5 Å². The van der Waals surface area contributed by atoms with E-state index in [1.165, 1.54) is 0 Å². The SMILES string of the molecule is CC(C)CNC(=O)N1CCCC(CC(=O)NC(C(=O)O)C2CC2)C1. The summed E-state index contributed by atoms with van der Waals surface area (Å²) in [5, 5.41) is 14.7. The molecule has 7 heteroatoms. The number of carboxylic acid groups (broad SMARTS) is 1. The zero-order valence-corrected chi connectivity index (χ0v) is 14.6. The van der Waals surface area contributed by atoms with Crippen LogP contribution in [0.15, 0.2) is 0 Å². The van der Waals surface area contributed by atoms with Gasteiger partial charge in [-0.3, -0.25) is 4.79 Å². The van der Waals surface area contributed by atoms with E-state index in [1.807, 2.05) is 13.8 Å². The normalized spacial score (nSPS) is 22.1. The quantitative estimate of drug-likeness (QED) is 0.653. The van der Waals surface area contributed by atoms with Gasteiger partial charge in [0.15, 0.2) is 0 Å². The molecule has 1 saturated carbocycles. The van der Waals surface area contributed by atoms with Crippen LogP contribution in [0.25, 0.3) is 0 Å². The number of nitrogens with zero attached hydrogens (tertiary/aromatic N) is 1. The number of piperidine rings is 1. The van der Waals surface area contributed by atoms with Crippen molar-refractivity contribution in [3.05, 3.63) is 0 Å². The molecular formula is C17H29N3O4. The summed E-state index contributed by atoms with van der Waals surface area (Å²) in [7, 11) is 0. The monoisotopic (exact) mass is 339 g/mol. The maximum absolute atomic E-state index is 12.2. The lowest BCUT2D eigenvalue weighted by Crippen LogP contribution is -2.48. The molecule has 0 radical (unpaired) electrons. The Morgan fingerprint density at radius 1 is 1.21 bits per heavy atom. The summed E-state index contributed by atoms with van der Waals surface area (Å²) >= 11 is 0. The molecule has 1 aliphatic heterocycles. The van der Waals surface area contributed by atoms with Crippen molar-refractivity contribution >= 4 is 17.9 Å². The Morgan fingerprint density at radius 2 is 1.92 bits per heavy atom. The fourth-order valence-corrected chi connectivity index (χ4v) is 3.12. The molecule has 2 atom stereocenters. The Labute approximate surface area is 143 Å². The summed E-state index contributed by atoms with van der Waals surface area (Å²) in [6, 6.07) is -0.832. The third-order valence-electron chi connectivity index (χ3n) is 4.62. The molecular weight excluding hydrogens is 310 g/mol. The number of amides is 3. The van der Waals surface area contributed by atoms with Crippen molar-refractivity contribution in [1.82, 2.24) is 15.5 Å². The molecule has 2 aliphatic rings. The van der Waals surface area contributed by atoms with Gasteiger partial charge in [-0.05, 0) is 43.4 Å². The van der Waals surface area contributed by atoms with Crippen LogP contribution in [-0.2, 0) is 9.59 Å². The average Bonchev–Trinajstić information content (AvgIpc) is 3.35. The summed E-state index contributed by atoms with van der Waals surface area (Å²) in [6.07, 6.45) is 3.78. The van der Waals surface area contributed by atoms with E-state index < -0.39 is 12.0 Å². The van der Waals surface area contributed by atoms with Crippen LogP contribution >= 0.6 is 0 Å². The number of hydrogen-bond donors (Lipinski definition) is 3. The molecule has 2 rings (SSSR count). The Morgan fingerprint density at radius 3 is 2.50 bits per heavy atom. The smallest absolute Gasteiger partial charge is 0.326 e. The Bertz CT molecular complexity index is 476. The van der Waals surface area contributed by atoms with Gasteiger partial charge in [-0.15, -0.1) is 0 Å². The summed E-state index contributed by atoms with van der Waals surface area (Å²) in [6.45, 7) is 5.99. The van der Waals surface area contributed by atoms with Crippen molar-refractivity contribution in [2.45, 2.75) is 52.0 Å². The van der Waals surface area contributed by atoms with Gasteiger partial charge >= 0.3 is 12.0 Å². The average molecular weight is 339 g/mol. The minimum atomic E-state index is -0.954. The van der Waals surface area contributed by atoms with E-state index in [4.69, 9.17) is 0 Å². The highest BCUT2D eigenvalue weighted by Gasteiger charge is 2.37. The van der Waals surface area contributed by atoms with Crippen LogP contribution < -0.4 is 10.6 Å². The van der Waals surface area contributed by atoms with Crippen LogP contribution in [-0.4, -0.2) is 53.6 Å². The molecule has 0 aromatic heterocycles. The Kier molecular flexibility index (Phi) is 6.45. The predicted molar refractivity (Wildman–Crippen MR) is 89.4 cm³/mol. The van der Waals surface area contributed by atoms with Crippen molar-refractivity contribution in [3.63, 3.8) is 0 Å². The second-order valence-electron chi connectivity index (χ2n) is 7.46. The highest BCUT2D eigenvalue weighted by molar-refractivity contribution is 5.84. The standard InChI is InChI=1S/C17H29N3O4/c1-11(2)9-18-17(24)20-7-3-4-12(10-20)8-14(21)19-15(16(22)23)13-5-6-13/h11-13,15H,3-10H2,1-2H3,(H,18,24)(H,19,21)(H,22,23). The van der Waals surface area contributed by atoms with Crippen molar-refractivity contribution in [3.8, 4) is 0 Å². The van der Waals surface area contributed by atoms with Crippen LogP contribution in [0.2, 0.25) is 0 Å². The lowest BCUT2D eigenvalue weighted by molar-refractivity contribution is -0.142. The fraction of sp³-hybridized carbons (Fsp3) is 0.824. The lowest BCUT2D eigenvalue weighted by atomic mass is 9.94. The molecule has 0 spiro atoms. The third-order valence-corrected chi connectivity index (χ3v) is 4.62. The first kappa shape index (κ1) is 18.5. The number of hydrogen-bond acceptors (Lipinski definition) is 3. The van der Waals surface area contributed by atoms with E-state index in [0.29, 0.717) is 25.6 Å². The zero-order valence-electron chi connectivity index (χ0n) is 14.6. The summed E-state index contributed by atoms with van der Waals surface area (Å²) in [4.78, 5) is 37.3. The maximum Gasteiger partial charge on any atom is 0.326 e. The minimum absolute atomic E-state index is 0.0739. The van der Waals surface area contributed by atoms with Gasteiger partial charge in [-0.25, -0.2) is 9.59 Å². The fourth-order valence-electron chi connectivity index (χ4n) is 3.12. The molecule has 2 unspecified atom stereocenters. The van der Waals surface area contributed by atoms with Crippen LogP contribution in [0.4, 0.5) is 4.79 Å². The number of urea groups is 1. The van der Waals surface area contributed by atoms with Gasteiger partial charge in [0.05, 0.1) is 0 Å². The van der Waals surface area contributed by atoms with Crippen LogP contribution in [0, 0.1) is 17.8 Å². The first-order valence-electron chi connectivity index (χ1n) is 8.91. The topological polar surface area (TPSA) is 98.7 Å². The van der Waals surface area contributed by atoms with Crippen LogP contribution in [0.1, 0.15) is 46.0 Å². The lowest BCUT2D eigenvalue weighted by Gasteiger charge is -2.33. The van der Waals surface area contributed by atoms with Gasteiger partial charge in [0.25, 0.3) is 0 Å². The minimum Gasteiger partial charge on any atom is -0.480 e. The summed E-state index contributed by atoms with van der Waals surface area (Å²) < 4.78 is 0. The molecule has 3 N–H and O–H groups in total. The molecule has 7 nitrogen and oxygen atoms in total. The highest BCUT2D eigenvalue weighted by atomic mass is 16.4. The van der Waals surface area contributed by atoms with Gasteiger partial charge in [0.2, 0.25) is 5.91 Å². The Balaban J connectivity index is 1.78. The van der Waals surface area contributed by atoms with Crippen molar-refractivity contribution in [2.75, 3.05) is 19.6 Å². The van der Waals surface area contributed by atoms with E-state index in [0.717, 1.165) is 25.7 Å². The summed E-state index contributed by atoms with van der Waals surface area (Å²) in [5.74, 6) is -0.600. The number of aliphatic carboxylic acids is 1. The van der Waals surface area contributed by atoms with Crippen LogP contribution in [0.3, 0.4) is 0 Å². The number of nitrogens with one attached hydrogen (secondary N) is 2. The number of carboxylic acids is 1. The zero-order chi connectivity index (χ0) is 17.7. The van der Waals surface area contributed by atoms with Crippen LogP contribution in [0.5, 0.6) is 0 Å². The number of likely N-dealkylation sites (tertiary alicyclic amines) is 1. The number of carbonyl (C=O) groups is 3. The molecule has 0 bridgehead atoms. The van der Waals surface area contributed by atoms with E-state index in [-0.39, 0.29) is 30.2 Å². The van der Waals surface area contributed by atoms with Crippen molar-refractivity contribution in [2.24, 2.45) is 17.8 Å². The first-order valence-corrected chi connectivity index (χ1v) is 8.91. The second kappa shape index (κ2) is 8.35. The van der Waals surface area contributed by atoms with E-state index in [1.54, 1.807) is 4.90 Å². The van der Waals surface area contributed by atoms with Gasteiger partial charge in [0.1, 0.15) is 6.04 Å². The molecule has 2 fully saturated rings. The first-order chi connectivity index (χ1) is 11.4. The number of rotatable bonds is 7. The largest absolute Gasteiger partial charge is 0.480 e. The maximum atomic E-state index is 12.2. The second-order valence-corrected chi connectivity index (χ2v) is 7.46. The highest BCUT2D eigenvalue weighted by Crippen LogP contribution is 2.33. The predicted octanol–water partition coefficient (Wildman–Crippen LogP) is 1.43. The van der Waals surface area contributed by atoms with Crippen molar-refractivity contribution in [1.29, 1.82) is 0 Å². The molecule has 1 saturated heterocycles. The molecule has 3 amide bonds. The number of carbonyl (C=O) groups excluding carboxylic acids is 2. The molecule has 0 aromatic carbocycles. The van der Waals surface area contributed by atoms with Gasteiger partial charge in [-0.1, -0.05) is 13.8 Å². The molecule has 136 valence electrons. The van der Waals surface area contributed by atoms with Gasteiger partial charge in [-0.2, -0.15) is 0 Å². The molecule has 24 heavy (non-hydrogen) atoms. The summed E-state index contributed by atoms with van der Waals surface area (Å²) in [5.41, 5.74) is 0. The Hall–Kier alpha value is -1.79.